The fourth-order valence-corrected chi connectivity index (χ4v) is 8.75. The summed E-state index contributed by atoms with van der Waals surface area (Å²) in [5.74, 6) is -1.14. The maximum Gasteiger partial charge on any atom is 0.337 e. The number of methoxy groups -OCH3 is 2. The molecule has 0 aromatic heterocycles. The van der Waals surface area contributed by atoms with Gasteiger partial charge < -0.3 is 9.47 Å². The van der Waals surface area contributed by atoms with Crippen molar-refractivity contribution in [2.24, 2.45) is 0 Å². The molecule has 0 spiro atoms. The van der Waals surface area contributed by atoms with E-state index in [9.17, 15) is 24.0 Å². The molecular weight excluding hydrogens is 848 g/mol. The summed E-state index contributed by atoms with van der Waals surface area (Å²) in [6, 6.07) is 21.0. The second-order valence-electron chi connectivity index (χ2n) is 17.7. The molecule has 0 saturated heterocycles. The predicted octanol–water partition coefficient (Wildman–Crippen LogP) is 11.7. The Hall–Kier alpha value is -4.21. The smallest absolute Gasteiger partial charge is 0.337 e. The third-order valence-electron chi connectivity index (χ3n) is 12.0. The summed E-state index contributed by atoms with van der Waals surface area (Å²) in [4.78, 5) is 61.7. The Labute approximate surface area is 353 Å². The van der Waals surface area contributed by atoms with E-state index in [-0.39, 0.29) is 37.0 Å². The highest BCUT2D eigenvalue weighted by Gasteiger charge is 2.40. The molecule has 4 aromatic rings. The van der Waals surface area contributed by atoms with E-state index in [1.165, 1.54) is 25.3 Å². The molecule has 0 saturated carbocycles. The Morgan fingerprint density at radius 2 is 0.842 bits per heavy atom. The largest absolute Gasteiger partial charge is 0.465 e. The predicted molar refractivity (Wildman–Crippen MR) is 232 cm³/mol. The molecule has 57 heavy (non-hydrogen) atoms. The average Bonchev–Trinajstić information content (AvgIpc) is 3.19. The topological polar surface area (TPSA) is 104 Å². The second-order valence-corrected chi connectivity index (χ2v) is 20.8. The zero-order valence-corrected chi connectivity index (χ0v) is 37.7. The van der Waals surface area contributed by atoms with Gasteiger partial charge in [0.05, 0.1) is 29.1 Å². The van der Waals surface area contributed by atoms with Crippen molar-refractivity contribution in [1.82, 2.24) is 0 Å². The van der Waals surface area contributed by atoms with Gasteiger partial charge >= 0.3 is 11.9 Å². The molecule has 4 aromatic carbocycles. The van der Waals surface area contributed by atoms with Crippen LogP contribution in [-0.4, -0.2) is 44.0 Å². The quantitative estimate of drug-likeness (QED) is 0.0751. The number of ketones is 2. The minimum atomic E-state index is -0.453. The highest BCUT2D eigenvalue weighted by atomic mass is 79.9. The van der Waals surface area contributed by atoms with E-state index in [4.69, 9.17) is 9.47 Å². The summed E-state index contributed by atoms with van der Waals surface area (Å²) in [5, 5.41) is 0. The van der Waals surface area contributed by atoms with Crippen LogP contribution in [0.5, 0.6) is 0 Å². The van der Waals surface area contributed by atoms with Crippen molar-refractivity contribution >= 4 is 61.7 Å². The van der Waals surface area contributed by atoms with E-state index in [0.717, 1.165) is 48.7 Å². The SMILES string of the molecule is COC(=O)c1ccc(C(=O)c2cc3c(cc2C(Br)Br)C(C)(C)CCC3(C)C)cc1.COC(=O)c1ccc(C(=O)c2cc3c(cc2C=O)C(C)(C)CCC3(C)C)cc1. The fourth-order valence-electron chi connectivity index (χ4n) is 7.99. The van der Waals surface area contributed by atoms with Crippen LogP contribution in [0.2, 0.25) is 0 Å². The van der Waals surface area contributed by atoms with Crippen LogP contribution in [0.1, 0.15) is 176 Å². The van der Waals surface area contributed by atoms with Crippen LogP contribution in [0, 0.1) is 0 Å². The number of carbonyl (C=O) groups excluding carboxylic acids is 5. The van der Waals surface area contributed by atoms with Gasteiger partial charge in [-0.3, -0.25) is 14.4 Å². The zero-order chi connectivity index (χ0) is 42.2. The van der Waals surface area contributed by atoms with Crippen LogP contribution in [0.25, 0.3) is 0 Å². The van der Waals surface area contributed by atoms with Crippen LogP contribution in [-0.2, 0) is 31.1 Å². The highest BCUT2D eigenvalue weighted by molar-refractivity contribution is 9.24. The molecule has 6 rings (SSSR count). The summed E-state index contributed by atoms with van der Waals surface area (Å²) >= 11 is 7.22. The lowest BCUT2D eigenvalue weighted by atomic mass is 9.62. The van der Waals surface area contributed by atoms with Crippen LogP contribution >= 0.6 is 31.9 Å². The van der Waals surface area contributed by atoms with Crippen molar-refractivity contribution in [2.45, 2.75) is 106 Å². The first-order valence-electron chi connectivity index (χ1n) is 19.2. The van der Waals surface area contributed by atoms with Crippen LogP contribution in [0.3, 0.4) is 0 Å². The first-order valence-corrected chi connectivity index (χ1v) is 21.0. The molecule has 0 heterocycles. The van der Waals surface area contributed by atoms with Crippen molar-refractivity contribution in [3.05, 3.63) is 140 Å². The maximum absolute atomic E-state index is 13.4. The van der Waals surface area contributed by atoms with E-state index < -0.39 is 11.9 Å². The lowest BCUT2D eigenvalue weighted by Gasteiger charge is -2.42. The van der Waals surface area contributed by atoms with Crippen molar-refractivity contribution < 1.29 is 33.4 Å². The van der Waals surface area contributed by atoms with E-state index in [0.29, 0.717) is 38.9 Å². The number of rotatable bonds is 8. The molecule has 2 aliphatic rings. The van der Waals surface area contributed by atoms with E-state index in [1.54, 1.807) is 48.5 Å². The van der Waals surface area contributed by atoms with Crippen molar-refractivity contribution in [3.8, 4) is 0 Å². The second kappa shape index (κ2) is 16.6. The van der Waals surface area contributed by atoms with Crippen LogP contribution in [0.4, 0.5) is 0 Å². The number of benzene rings is 4. The molecule has 300 valence electrons. The molecule has 9 heteroatoms. The summed E-state index contributed by atoms with van der Waals surface area (Å²) in [5.41, 5.74) is 9.02. The first-order chi connectivity index (χ1) is 26.6. The molecular formula is C48H52Br2O7. The van der Waals surface area contributed by atoms with Crippen LogP contribution in [0.15, 0.2) is 72.8 Å². The van der Waals surface area contributed by atoms with Crippen molar-refractivity contribution in [2.75, 3.05) is 14.2 Å². The Balaban J connectivity index is 0.000000218. The van der Waals surface area contributed by atoms with E-state index in [2.05, 4.69) is 99.4 Å². The minimum Gasteiger partial charge on any atom is -0.465 e. The lowest BCUT2D eigenvalue weighted by Crippen LogP contribution is -2.34. The molecule has 0 unspecified atom stereocenters. The number of fused-ring (bicyclic) bond motifs is 2. The number of aldehydes is 1. The molecule has 0 atom stereocenters. The zero-order valence-electron chi connectivity index (χ0n) is 34.5. The van der Waals surface area contributed by atoms with Gasteiger partial charge in [0.2, 0.25) is 0 Å². The van der Waals surface area contributed by atoms with Crippen molar-refractivity contribution in [1.29, 1.82) is 0 Å². The number of esters is 2. The molecule has 0 amide bonds. The van der Waals surface area contributed by atoms with Gasteiger partial charge in [-0.2, -0.15) is 0 Å². The number of ether oxygens (including phenoxy) is 2. The maximum atomic E-state index is 13.4. The molecule has 0 aliphatic heterocycles. The number of alkyl halides is 2. The fraction of sp³-hybridized carbons (Fsp3) is 0.396. The van der Waals surface area contributed by atoms with Gasteiger partial charge in [0.15, 0.2) is 17.9 Å². The third-order valence-corrected chi connectivity index (χ3v) is 13.0. The standard InChI is InChI=1S/C24H26Br2O3.C24H26O4/c1-23(2)10-11-24(3,4)19-13-17(21(25)26)16(12-18(19)23)20(27)14-6-8-15(9-7-14)22(28)29-5;1-23(2)10-11-24(3,4)20-13-18(17(14-25)12-19(20)23)21(26)15-6-8-16(9-7-15)22(27)28-5/h6-9,12-13,21H,10-11H2,1-5H3;6-9,12-14H,10-11H2,1-5H3. The number of halogens is 2. The average molecular weight is 901 g/mol. The Kier molecular flexibility index (Phi) is 12.8. The first kappa shape index (κ1) is 43.9. The lowest BCUT2D eigenvalue weighted by molar-refractivity contribution is 0.0592. The summed E-state index contributed by atoms with van der Waals surface area (Å²) in [7, 11) is 2.66. The summed E-state index contributed by atoms with van der Waals surface area (Å²) < 4.78 is 9.30. The third kappa shape index (κ3) is 8.95. The van der Waals surface area contributed by atoms with Gasteiger partial charge in [0.1, 0.15) is 0 Å². The Bertz CT molecular complexity index is 2230. The summed E-state index contributed by atoms with van der Waals surface area (Å²) in [6.07, 6.45) is 5.01. The van der Waals surface area contributed by atoms with Gasteiger partial charge in [0.25, 0.3) is 0 Å². The van der Waals surface area contributed by atoms with Gasteiger partial charge in [-0.1, -0.05) is 118 Å². The molecule has 0 fully saturated rings. The number of hydrogen-bond acceptors (Lipinski definition) is 7. The number of hydrogen-bond donors (Lipinski definition) is 0. The Morgan fingerprint density at radius 1 is 0.526 bits per heavy atom. The minimum absolute atomic E-state index is 0.0152. The molecule has 0 bridgehead atoms. The molecule has 7 nitrogen and oxygen atoms in total. The highest BCUT2D eigenvalue weighted by Crippen LogP contribution is 2.49. The van der Waals surface area contributed by atoms with Crippen molar-refractivity contribution in [3.63, 3.8) is 0 Å². The molecule has 0 N–H and O–H groups in total. The van der Waals surface area contributed by atoms with Gasteiger partial charge in [-0.15, -0.1) is 0 Å². The Morgan fingerprint density at radius 3 is 1.19 bits per heavy atom. The molecule has 0 radical (unpaired) electrons. The van der Waals surface area contributed by atoms with Gasteiger partial charge in [0, 0.05) is 27.8 Å². The molecule has 2 aliphatic carbocycles. The van der Waals surface area contributed by atoms with E-state index >= 15 is 0 Å². The summed E-state index contributed by atoms with van der Waals surface area (Å²) in [6.45, 7) is 17.8. The normalized spacial score (nSPS) is 16.9. The monoisotopic (exact) mass is 898 g/mol. The number of carbonyl (C=O) groups is 5. The van der Waals surface area contributed by atoms with E-state index in [1.807, 2.05) is 12.1 Å². The van der Waals surface area contributed by atoms with Gasteiger partial charge in [-0.25, -0.2) is 9.59 Å². The van der Waals surface area contributed by atoms with Crippen LogP contribution < -0.4 is 0 Å². The van der Waals surface area contributed by atoms with Gasteiger partial charge in [-0.05, 0) is 118 Å².